The molecule has 4 rings (SSSR count). The Morgan fingerprint density at radius 3 is 2.26 bits per heavy atom. The number of likely N-dealkylation sites (tertiary alicyclic amines) is 2. The summed E-state index contributed by atoms with van der Waals surface area (Å²) in [6, 6.07) is -0.603. The molecule has 1 aliphatic carbocycles. The number of rotatable bonds is 3. The van der Waals surface area contributed by atoms with Crippen LogP contribution >= 0.6 is 0 Å². The molecule has 0 unspecified atom stereocenters. The van der Waals surface area contributed by atoms with Crippen LogP contribution < -0.4 is 5.32 Å². The lowest BCUT2D eigenvalue weighted by molar-refractivity contribution is -0.143. The molecule has 0 aromatic carbocycles. The molecular weight excluding hydrogens is 396 g/mol. The Morgan fingerprint density at radius 1 is 0.935 bits per heavy atom. The minimum atomic E-state index is -0.902. The first-order chi connectivity index (χ1) is 14.8. The summed E-state index contributed by atoms with van der Waals surface area (Å²) in [5.41, 5.74) is -0.902. The summed E-state index contributed by atoms with van der Waals surface area (Å²) in [7, 11) is 0. The van der Waals surface area contributed by atoms with E-state index in [4.69, 9.17) is 0 Å². The van der Waals surface area contributed by atoms with E-state index >= 15 is 0 Å². The molecule has 0 aromatic rings. The molecule has 172 valence electrons. The lowest BCUT2D eigenvalue weighted by Crippen LogP contribution is -2.57. The van der Waals surface area contributed by atoms with Crippen molar-refractivity contribution in [2.24, 2.45) is 11.8 Å². The Labute approximate surface area is 184 Å². The average molecular weight is 433 g/mol. The third-order valence-corrected chi connectivity index (χ3v) is 7.64. The standard InChI is InChI=1S/C23H36N4O4/c1-16(2)19(28)25-13-10-23(11-14-25)21(30)27(22(31)24-23)18-9-6-12-26(15-18)20(29)17-7-4-3-5-8-17/h16-18H,3-15H2,1-2H3,(H,24,31)/t18-/m1/s1. The molecule has 3 aliphatic heterocycles. The third kappa shape index (κ3) is 4.17. The molecule has 8 heteroatoms. The van der Waals surface area contributed by atoms with E-state index in [2.05, 4.69) is 5.32 Å². The molecule has 31 heavy (non-hydrogen) atoms. The molecule has 3 heterocycles. The number of imide groups is 1. The van der Waals surface area contributed by atoms with Gasteiger partial charge in [0.15, 0.2) is 0 Å². The van der Waals surface area contributed by atoms with Crippen LogP contribution in [0.15, 0.2) is 0 Å². The van der Waals surface area contributed by atoms with Gasteiger partial charge in [0.05, 0.1) is 6.04 Å². The van der Waals surface area contributed by atoms with Crippen LogP contribution in [0.2, 0.25) is 0 Å². The second kappa shape index (κ2) is 8.79. The van der Waals surface area contributed by atoms with E-state index in [9.17, 15) is 19.2 Å². The molecule has 0 aromatic heterocycles. The molecule has 1 atom stereocenters. The lowest BCUT2D eigenvalue weighted by Gasteiger charge is -2.40. The summed E-state index contributed by atoms with van der Waals surface area (Å²) in [6.07, 6.45) is 7.78. The zero-order chi connectivity index (χ0) is 22.2. The fraction of sp³-hybridized carbons (Fsp3) is 0.826. The number of nitrogens with one attached hydrogen (secondary N) is 1. The van der Waals surface area contributed by atoms with Gasteiger partial charge in [-0.1, -0.05) is 33.1 Å². The third-order valence-electron chi connectivity index (χ3n) is 7.64. The molecule has 0 bridgehead atoms. The van der Waals surface area contributed by atoms with Crippen molar-refractivity contribution in [2.75, 3.05) is 26.2 Å². The molecule has 0 radical (unpaired) electrons. The van der Waals surface area contributed by atoms with Crippen molar-refractivity contribution in [2.45, 2.75) is 83.2 Å². The van der Waals surface area contributed by atoms with Crippen LogP contribution in [-0.4, -0.2) is 76.2 Å². The zero-order valence-electron chi connectivity index (χ0n) is 18.9. The average Bonchev–Trinajstić information content (AvgIpc) is 3.02. The minimum Gasteiger partial charge on any atom is -0.342 e. The first-order valence-electron chi connectivity index (χ1n) is 12.1. The van der Waals surface area contributed by atoms with Crippen LogP contribution in [0.3, 0.4) is 0 Å². The fourth-order valence-electron chi connectivity index (χ4n) is 5.76. The summed E-state index contributed by atoms with van der Waals surface area (Å²) in [4.78, 5) is 56.7. The molecule has 4 fully saturated rings. The van der Waals surface area contributed by atoms with Crippen molar-refractivity contribution in [1.82, 2.24) is 20.0 Å². The van der Waals surface area contributed by atoms with E-state index in [-0.39, 0.29) is 41.6 Å². The highest BCUT2D eigenvalue weighted by atomic mass is 16.2. The maximum atomic E-state index is 13.4. The van der Waals surface area contributed by atoms with Gasteiger partial charge < -0.3 is 15.1 Å². The Kier molecular flexibility index (Phi) is 6.26. The lowest BCUT2D eigenvalue weighted by atomic mass is 9.86. The van der Waals surface area contributed by atoms with Crippen molar-refractivity contribution in [3.05, 3.63) is 0 Å². The number of nitrogens with zero attached hydrogens (tertiary/aromatic N) is 3. The Bertz CT molecular complexity index is 738. The smallest absolute Gasteiger partial charge is 0.325 e. The molecule has 8 nitrogen and oxygen atoms in total. The van der Waals surface area contributed by atoms with Crippen molar-refractivity contribution in [1.29, 1.82) is 0 Å². The summed E-state index contributed by atoms with van der Waals surface area (Å²) < 4.78 is 0. The van der Waals surface area contributed by atoms with E-state index in [1.54, 1.807) is 4.90 Å². The van der Waals surface area contributed by atoms with Gasteiger partial charge in [-0.15, -0.1) is 0 Å². The Hall–Kier alpha value is -2.12. The maximum Gasteiger partial charge on any atom is 0.325 e. The van der Waals surface area contributed by atoms with E-state index in [1.165, 1.54) is 11.3 Å². The van der Waals surface area contributed by atoms with Gasteiger partial charge in [-0.25, -0.2) is 4.79 Å². The van der Waals surface area contributed by atoms with E-state index < -0.39 is 5.54 Å². The van der Waals surface area contributed by atoms with Gasteiger partial charge >= 0.3 is 6.03 Å². The number of urea groups is 1. The molecular formula is C23H36N4O4. The Morgan fingerprint density at radius 2 is 1.61 bits per heavy atom. The van der Waals surface area contributed by atoms with Crippen LogP contribution in [0, 0.1) is 11.8 Å². The molecule has 5 amide bonds. The van der Waals surface area contributed by atoms with E-state index in [0.717, 1.165) is 38.5 Å². The van der Waals surface area contributed by atoms with Crippen molar-refractivity contribution >= 4 is 23.8 Å². The van der Waals surface area contributed by atoms with Crippen molar-refractivity contribution < 1.29 is 19.2 Å². The number of hydrogen-bond acceptors (Lipinski definition) is 4. The maximum absolute atomic E-state index is 13.4. The van der Waals surface area contributed by atoms with Crippen molar-refractivity contribution in [3.63, 3.8) is 0 Å². The van der Waals surface area contributed by atoms with Crippen LogP contribution in [0.4, 0.5) is 4.79 Å². The highest BCUT2D eigenvalue weighted by Gasteiger charge is 2.55. The summed E-state index contributed by atoms with van der Waals surface area (Å²) >= 11 is 0. The van der Waals surface area contributed by atoms with E-state index in [0.29, 0.717) is 39.0 Å². The van der Waals surface area contributed by atoms with Gasteiger partial charge in [0.25, 0.3) is 5.91 Å². The second-order valence-corrected chi connectivity index (χ2v) is 10.1. The quantitative estimate of drug-likeness (QED) is 0.692. The van der Waals surface area contributed by atoms with Crippen LogP contribution in [0.1, 0.15) is 71.6 Å². The van der Waals surface area contributed by atoms with E-state index in [1.807, 2.05) is 18.7 Å². The van der Waals surface area contributed by atoms with Gasteiger partial charge in [0.1, 0.15) is 5.54 Å². The number of carbonyl (C=O) groups is 4. The van der Waals surface area contributed by atoms with Gasteiger partial charge in [0, 0.05) is 38.0 Å². The summed E-state index contributed by atoms with van der Waals surface area (Å²) in [5.74, 6) is 0.143. The molecule has 1 N–H and O–H groups in total. The van der Waals surface area contributed by atoms with Crippen LogP contribution in [0.25, 0.3) is 0 Å². The number of amides is 5. The predicted molar refractivity (Wildman–Crippen MR) is 115 cm³/mol. The van der Waals surface area contributed by atoms with Gasteiger partial charge in [-0.2, -0.15) is 0 Å². The highest BCUT2D eigenvalue weighted by Crippen LogP contribution is 2.33. The molecule has 3 saturated heterocycles. The monoisotopic (exact) mass is 432 g/mol. The molecule has 4 aliphatic rings. The largest absolute Gasteiger partial charge is 0.342 e. The number of carbonyl (C=O) groups excluding carboxylic acids is 4. The van der Waals surface area contributed by atoms with Gasteiger partial charge in [0.2, 0.25) is 11.8 Å². The summed E-state index contributed by atoms with van der Waals surface area (Å²) in [5, 5.41) is 2.96. The second-order valence-electron chi connectivity index (χ2n) is 10.1. The molecule has 1 spiro atoms. The number of piperidine rings is 2. The normalized spacial score (nSPS) is 27.2. The molecule has 1 saturated carbocycles. The predicted octanol–water partition coefficient (Wildman–Crippen LogP) is 2.13. The van der Waals surface area contributed by atoms with Crippen LogP contribution in [-0.2, 0) is 14.4 Å². The first-order valence-corrected chi connectivity index (χ1v) is 12.1. The first kappa shape index (κ1) is 22.1. The fourth-order valence-corrected chi connectivity index (χ4v) is 5.76. The minimum absolute atomic E-state index is 0.0747. The Balaban J connectivity index is 1.41. The number of hydrogen-bond donors (Lipinski definition) is 1. The zero-order valence-corrected chi connectivity index (χ0v) is 18.9. The topological polar surface area (TPSA) is 90.0 Å². The van der Waals surface area contributed by atoms with Crippen molar-refractivity contribution in [3.8, 4) is 0 Å². The van der Waals surface area contributed by atoms with Crippen LogP contribution in [0.5, 0.6) is 0 Å². The van der Waals surface area contributed by atoms with Gasteiger partial charge in [-0.3, -0.25) is 19.3 Å². The SMILES string of the molecule is CC(C)C(=O)N1CCC2(CC1)NC(=O)N([C@@H]1CCCN(C(=O)C3CCCCC3)C1)C2=O. The highest BCUT2D eigenvalue weighted by molar-refractivity contribution is 6.07. The van der Waals surface area contributed by atoms with Gasteiger partial charge in [-0.05, 0) is 38.5 Å². The summed E-state index contributed by atoms with van der Waals surface area (Å²) in [6.45, 7) is 5.87.